The summed E-state index contributed by atoms with van der Waals surface area (Å²) in [5.41, 5.74) is 1.11. The molecule has 3 aromatic rings. The third kappa shape index (κ3) is 5.95. The molecule has 2 aromatic carbocycles. The highest BCUT2D eigenvalue weighted by molar-refractivity contribution is 6.36. The van der Waals surface area contributed by atoms with Crippen LogP contribution in [0.25, 0.3) is 11.4 Å². The van der Waals surface area contributed by atoms with Crippen molar-refractivity contribution >= 4 is 52.4 Å². The molecule has 1 heterocycles. The van der Waals surface area contributed by atoms with E-state index in [9.17, 15) is 9.59 Å². The van der Waals surface area contributed by atoms with Crippen molar-refractivity contribution in [1.82, 2.24) is 10.1 Å². The molecule has 0 saturated carbocycles. The second-order valence-electron chi connectivity index (χ2n) is 6.26. The molecular weight excluding hydrogens is 453 g/mol. The van der Waals surface area contributed by atoms with Gasteiger partial charge in [0, 0.05) is 22.0 Å². The maximum Gasteiger partial charge on any atom is 0.307 e. The van der Waals surface area contributed by atoms with E-state index in [1.54, 1.807) is 36.4 Å². The number of hydrogen-bond donors (Lipinski definition) is 1. The monoisotopic (exact) mass is 467 g/mol. The number of aromatic nitrogens is 2. The Hall–Kier alpha value is -2.61. The predicted octanol–water partition coefficient (Wildman–Crippen LogP) is 5.20. The summed E-state index contributed by atoms with van der Waals surface area (Å²) in [4.78, 5) is 28.5. The molecule has 156 valence electrons. The van der Waals surface area contributed by atoms with Crippen molar-refractivity contribution in [3.63, 3.8) is 0 Å². The van der Waals surface area contributed by atoms with Crippen molar-refractivity contribution in [2.45, 2.75) is 25.9 Å². The zero-order valence-corrected chi connectivity index (χ0v) is 18.0. The van der Waals surface area contributed by atoms with Crippen LogP contribution in [0, 0.1) is 0 Å². The van der Waals surface area contributed by atoms with E-state index in [0.717, 1.165) is 5.56 Å². The third-order valence-corrected chi connectivity index (χ3v) is 4.78. The van der Waals surface area contributed by atoms with Crippen molar-refractivity contribution in [3.05, 3.63) is 63.4 Å². The van der Waals surface area contributed by atoms with Gasteiger partial charge in [-0.3, -0.25) is 9.59 Å². The molecular formula is C20H16Cl3N3O4. The Kier molecular flexibility index (Phi) is 7.31. The van der Waals surface area contributed by atoms with Gasteiger partial charge in [0.2, 0.25) is 11.7 Å². The van der Waals surface area contributed by atoms with Crippen LogP contribution in [0.3, 0.4) is 0 Å². The summed E-state index contributed by atoms with van der Waals surface area (Å²) in [6.45, 7) is 1.46. The molecule has 7 nitrogen and oxygen atoms in total. The van der Waals surface area contributed by atoms with E-state index in [2.05, 4.69) is 15.5 Å². The van der Waals surface area contributed by atoms with Crippen molar-refractivity contribution in [2.75, 3.05) is 5.32 Å². The predicted molar refractivity (Wildman–Crippen MR) is 114 cm³/mol. The number of carbonyl (C=O) groups is 2. The van der Waals surface area contributed by atoms with Crippen LogP contribution >= 0.6 is 34.8 Å². The molecule has 0 aliphatic heterocycles. The number of anilines is 1. The molecule has 0 fully saturated rings. The van der Waals surface area contributed by atoms with Crippen LogP contribution in [-0.2, 0) is 20.7 Å². The fourth-order valence-corrected chi connectivity index (χ4v) is 3.00. The summed E-state index contributed by atoms with van der Waals surface area (Å²) >= 11 is 17.7. The van der Waals surface area contributed by atoms with Gasteiger partial charge in [-0.1, -0.05) is 40.0 Å². The highest BCUT2D eigenvalue weighted by atomic mass is 35.5. The Morgan fingerprint density at radius 1 is 1.10 bits per heavy atom. The first-order valence-corrected chi connectivity index (χ1v) is 9.99. The van der Waals surface area contributed by atoms with Gasteiger partial charge in [0.25, 0.3) is 5.91 Å². The average molecular weight is 469 g/mol. The number of benzene rings is 2. The van der Waals surface area contributed by atoms with Crippen LogP contribution in [0.2, 0.25) is 15.1 Å². The second kappa shape index (κ2) is 9.93. The van der Waals surface area contributed by atoms with E-state index in [0.29, 0.717) is 21.6 Å². The summed E-state index contributed by atoms with van der Waals surface area (Å²) in [5.74, 6) is -0.425. The normalized spacial score (nSPS) is 11.7. The maximum absolute atomic E-state index is 12.2. The van der Waals surface area contributed by atoms with E-state index >= 15 is 0 Å². The summed E-state index contributed by atoms with van der Waals surface area (Å²) < 4.78 is 10.3. The van der Waals surface area contributed by atoms with Crippen LogP contribution in [-0.4, -0.2) is 28.1 Å². The largest absolute Gasteiger partial charge is 0.453 e. The van der Waals surface area contributed by atoms with Crippen LogP contribution in [0.1, 0.15) is 19.2 Å². The lowest BCUT2D eigenvalue weighted by Crippen LogP contribution is -2.30. The Labute approximate surface area is 187 Å². The van der Waals surface area contributed by atoms with E-state index < -0.39 is 18.0 Å². The Balaban J connectivity index is 1.49. The molecule has 0 saturated heterocycles. The highest BCUT2D eigenvalue weighted by Gasteiger charge is 2.20. The minimum Gasteiger partial charge on any atom is -0.453 e. The van der Waals surface area contributed by atoms with Gasteiger partial charge in [0.05, 0.1) is 17.1 Å². The van der Waals surface area contributed by atoms with E-state index in [1.165, 1.54) is 13.0 Å². The van der Waals surface area contributed by atoms with Gasteiger partial charge in [-0.15, -0.1) is 0 Å². The molecule has 0 spiro atoms. The maximum atomic E-state index is 12.2. The number of esters is 1. The van der Waals surface area contributed by atoms with Gasteiger partial charge >= 0.3 is 5.97 Å². The van der Waals surface area contributed by atoms with Crippen LogP contribution in [0.5, 0.6) is 0 Å². The molecule has 3 rings (SSSR count). The summed E-state index contributed by atoms with van der Waals surface area (Å²) in [6, 6.07) is 11.6. The van der Waals surface area contributed by atoms with Gasteiger partial charge in [-0.05, 0) is 49.4 Å². The van der Waals surface area contributed by atoms with Crippen molar-refractivity contribution < 1.29 is 18.8 Å². The zero-order chi connectivity index (χ0) is 21.7. The first-order valence-electron chi connectivity index (χ1n) is 8.86. The Morgan fingerprint density at radius 2 is 1.80 bits per heavy atom. The van der Waals surface area contributed by atoms with E-state index in [1.807, 2.05) is 0 Å². The number of nitrogens with zero attached hydrogens (tertiary/aromatic N) is 2. The van der Waals surface area contributed by atoms with Crippen molar-refractivity contribution in [2.24, 2.45) is 0 Å². The number of nitrogens with one attached hydrogen (secondary N) is 1. The van der Waals surface area contributed by atoms with Gasteiger partial charge in [-0.2, -0.15) is 4.98 Å². The molecule has 1 unspecified atom stereocenters. The van der Waals surface area contributed by atoms with E-state index in [4.69, 9.17) is 44.1 Å². The van der Waals surface area contributed by atoms with Crippen LogP contribution < -0.4 is 5.32 Å². The quantitative estimate of drug-likeness (QED) is 0.479. The fourth-order valence-electron chi connectivity index (χ4n) is 2.42. The standard InChI is InChI=1S/C20H16Cl3N3O4/c1-11(20(28)24-16-7-6-14(22)10-15(16)23)29-18(27)9-8-17-25-19(26-30-17)12-2-4-13(21)5-3-12/h2-7,10-11H,8-9H2,1H3,(H,24,28). The zero-order valence-electron chi connectivity index (χ0n) is 15.7. The second-order valence-corrected chi connectivity index (χ2v) is 7.54. The summed E-state index contributed by atoms with van der Waals surface area (Å²) in [6.07, 6.45) is -0.866. The molecule has 1 N–H and O–H groups in total. The first-order chi connectivity index (χ1) is 14.3. The molecule has 30 heavy (non-hydrogen) atoms. The lowest BCUT2D eigenvalue weighted by molar-refractivity contribution is -0.153. The number of hydrogen-bond acceptors (Lipinski definition) is 6. The Bertz CT molecular complexity index is 1050. The van der Waals surface area contributed by atoms with Crippen molar-refractivity contribution in [1.29, 1.82) is 0 Å². The van der Waals surface area contributed by atoms with Crippen LogP contribution in [0.4, 0.5) is 5.69 Å². The molecule has 10 heteroatoms. The number of rotatable bonds is 7. The van der Waals surface area contributed by atoms with E-state index in [-0.39, 0.29) is 23.8 Å². The molecule has 0 bridgehead atoms. The molecule has 0 aliphatic rings. The smallest absolute Gasteiger partial charge is 0.307 e. The number of halogens is 3. The summed E-state index contributed by atoms with van der Waals surface area (Å²) in [5, 5.41) is 7.78. The summed E-state index contributed by atoms with van der Waals surface area (Å²) in [7, 11) is 0. The number of ether oxygens (including phenoxy) is 1. The number of amides is 1. The van der Waals surface area contributed by atoms with Crippen LogP contribution in [0.15, 0.2) is 47.0 Å². The fraction of sp³-hybridized carbons (Fsp3) is 0.200. The molecule has 0 aliphatic carbocycles. The highest BCUT2D eigenvalue weighted by Crippen LogP contribution is 2.25. The molecule has 1 amide bonds. The van der Waals surface area contributed by atoms with Crippen molar-refractivity contribution in [3.8, 4) is 11.4 Å². The minimum absolute atomic E-state index is 0.0262. The molecule has 1 atom stereocenters. The van der Waals surface area contributed by atoms with Gasteiger partial charge in [0.15, 0.2) is 6.10 Å². The number of carbonyl (C=O) groups excluding carboxylic acids is 2. The lowest BCUT2D eigenvalue weighted by Gasteiger charge is -2.14. The van der Waals surface area contributed by atoms with Gasteiger partial charge in [-0.25, -0.2) is 0 Å². The third-order valence-electron chi connectivity index (χ3n) is 3.98. The topological polar surface area (TPSA) is 94.3 Å². The minimum atomic E-state index is -1.02. The average Bonchev–Trinajstić information content (AvgIpc) is 3.18. The van der Waals surface area contributed by atoms with Gasteiger partial charge < -0.3 is 14.6 Å². The number of aryl methyl sites for hydroxylation is 1. The first kappa shape index (κ1) is 22.1. The van der Waals surface area contributed by atoms with Gasteiger partial charge in [0.1, 0.15) is 0 Å². The SMILES string of the molecule is CC(OC(=O)CCc1nc(-c2ccc(Cl)cc2)no1)C(=O)Nc1ccc(Cl)cc1Cl. The Morgan fingerprint density at radius 3 is 2.50 bits per heavy atom. The molecule has 1 aromatic heterocycles. The lowest BCUT2D eigenvalue weighted by atomic mass is 10.2. The molecule has 0 radical (unpaired) electrons.